The second-order valence-electron chi connectivity index (χ2n) is 32.6. The summed E-state index contributed by atoms with van der Waals surface area (Å²) < 4.78 is 89.0. The molecule has 0 spiro atoms. The quantitative estimate of drug-likeness (QED) is 0.0125. The minimum Gasteiger partial charge on any atom is -0.497 e. The van der Waals surface area contributed by atoms with Crippen LogP contribution in [0, 0.1) is 11.8 Å². The summed E-state index contributed by atoms with van der Waals surface area (Å²) in [5.74, 6) is -4.87. The number of carboxylic acid groups (broad SMARTS) is 2. The van der Waals surface area contributed by atoms with Crippen LogP contribution in [0.1, 0.15) is 151 Å². The first-order valence-corrected chi connectivity index (χ1v) is 45.9. The van der Waals surface area contributed by atoms with Gasteiger partial charge >= 0.3 is 18.0 Å². The summed E-state index contributed by atoms with van der Waals surface area (Å²) >= 11 is 2.90. The number of anilines is 4. The summed E-state index contributed by atoms with van der Waals surface area (Å²) in [5, 5.41) is 44.9. The first kappa shape index (κ1) is 93.8. The minimum absolute atomic E-state index is 0.00766. The Morgan fingerprint density at radius 3 is 1.42 bits per heavy atom. The lowest BCUT2D eigenvalue weighted by Gasteiger charge is -2.29. The number of methoxy groups -OCH3 is 2. The molecule has 0 bridgehead atoms. The van der Waals surface area contributed by atoms with Crippen molar-refractivity contribution in [3.05, 3.63) is 133 Å². The zero-order valence-electron chi connectivity index (χ0n) is 70.9. The number of para-hydroxylation sites is 2. The fourth-order valence-corrected chi connectivity index (χ4v) is 18.7. The van der Waals surface area contributed by atoms with E-state index >= 15 is 0 Å². The maximum absolute atomic E-state index is 14.4. The number of benzene rings is 4. The number of pyridine rings is 2. The van der Waals surface area contributed by atoms with Crippen LogP contribution in [0.2, 0.25) is 0 Å². The van der Waals surface area contributed by atoms with Gasteiger partial charge in [0.2, 0.25) is 23.6 Å². The number of aromatic nitrogens is 4. The summed E-state index contributed by atoms with van der Waals surface area (Å²) in [4.78, 5) is 136. The predicted octanol–water partition coefficient (Wildman–Crippen LogP) is 12.1. The topological polar surface area (TPSA) is 472 Å². The number of likely N-dealkylation sites (tertiary alicyclic amines) is 1. The van der Waals surface area contributed by atoms with E-state index in [0.717, 1.165) is 15.6 Å². The van der Waals surface area contributed by atoms with Crippen LogP contribution >= 0.6 is 22.7 Å². The van der Waals surface area contributed by atoms with Crippen LogP contribution in [0.25, 0.3) is 44.6 Å². The first-order chi connectivity index (χ1) is 59.4. The lowest BCUT2D eigenvalue weighted by molar-refractivity contribution is -0.138. The van der Waals surface area contributed by atoms with E-state index in [9.17, 15) is 60.0 Å². The molecule has 38 heteroatoms. The zero-order valence-corrected chi connectivity index (χ0v) is 74.2. The Balaban J connectivity index is 0.000000244. The van der Waals surface area contributed by atoms with E-state index in [0.29, 0.717) is 120 Å². The Hall–Kier alpha value is -11.9. The lowest BCUT2D eigenvalue weighted by atomic mass is 10.1. The highest BCUT2D eigenvalue weighted by molar-refractivity contribution is 7.90. The van der Waals surface area contributed by atoms with E-state index < -0.39 is 126 Å². The number of sulfonamides is 2. The van der Waals surface area contributed by atoms with Crippen LogP contribution in [0.4, 0.5) is 26.4 Å². The molecule has 12 rings (SSSR count). The van der Waals surface area contributed by atoms with Crippen molar-refractivity contribution in [1.29, 1.82) is 0 Å². The van der Waals surface area contributed by atoms with Gasteiger partial charge in [-0.1, -0.05) is 62.1 Å². The number of nitrogens with zero attached hydrogens (tertiary/aromatic N) is 5. The van der Waals surface area contributed by atoms with E-state index in [1.807, 2.05) is 62.7 Å². The number of aliphatic carboxylic acids is 2. The molecule has 7 amide bonds. The zero-order chi connectivity index (χ0) is 90.3. The van der Waals surface area contributed by atoms with Gasteiger partial charge < -0.3 is 71.1 Å². The highest BCUT2D eigenvalue weighted by atomic mass is 32.2. The van der Waals surface area contributed by atoms with Crippen LogP contribution in [-0.4, -0.2) is 186 Å². The summed E-state index contributed by atoms with van der Waals surface area (Å²) in [6, 6.07) is 24.1. The van der Waals surface area contributed by atoms with Crippen molar-refractivity contribution in [1.82, 2.24) is 50.2 Å². The van der Waals surface area contributed by atoms with Crippen LogP contribution in [0.15, 0.2) is 143 Å². The summed E-state index contributed by atoms with van der Waals surface area (Å²) in [5.41, 5.74) is -0.683. The van der Waals surface area contributed by atoms with Gasteiger partial charge in [0.15, 0.2) is 10.3 Å². The van der Waals surface area contributed by atoms with Gasteiger partial charge in [0, 0.05) is 115 Å². The van der Waals surface area contributed by atoms with Crippen LogP contribution in [0.3, 0.4) is 0 Å². The molecule has 34 nitrogen and oxygen atoms in total. The second kappa shape index (κ2) is 40.8. The number of ether oxygens (including phenoxy) is 5. The Morgan fingerprint density at radius 1 is 0.568 bits per heavy atom. The van der Waals surface area contributed by atoms with E-state index in [1.165, 1.54) is 82.2 Å². The van der Waals surface area contributed by atoms with Gasteiger partial charge in [-0.3, -0.25) is 43.3 Å². The number of carboxylic acids is 2. The average molecular weight is 1800 g/mol. The molecule has 4 fully saturated rings. The third-order valence-corrected chi connectivity index (χ3v) is 25.4. The standard InChI is InChI=1S/C46H57N7O11S2.C41H49N7O9S2/c1-8-28-24-46(28,42(58)52-66(60,61)38-16-14-13-15-32(38)49-39(54)17-11-9-10-12-18-40(55)56)51-41(57)36-22-30(25-53(36)44(59)64-45(4,5)6)63-37-23-34(35-26-65-43(50-35)47-27(2)3)48-33-21-29(62-7)19-20-31(33)37;1-5-25-21-41(25,39(53)48-59(54,55)35-13-11-10-12-29(35)45-36(49)14-8-6-7-9-15-37(50)51)47-38(52)32-19-27(22-42-32)57-34-20-31(33-23-58-40(46-33)43-24(2)3)44-30-18-26(56-4)16-17-28(30)34/h8,13-16,19-21,23,26-28,30,36H,1,9-12,17-18,22,24-25H2,2-7H3,(H,47,50)(H,49,54)(H,51,57)(H,52,58)(H,55,56);5,10-13,16-18,20,23-25,27,32,42H,1,6-9,14-15,19,21-22H2,2-4H3,(H,43,46)(H,45,49)(H,47,52)(H,48,53)(H,50,51)/t28-,30-,36+,46-;25-,27-,32+,41-/m11/s1. The van der Waals surface area contributed by atoms with Gasteiger partial charge in [-0.25, -0.2) is 51.0 Å². The molecule has 0 unspecified atom stereocenters. The number of amides is 7. The van der Waals surface area contributed by atoms with Crippen LogP contribution < -0.4 is 65.6 Å². The monoisotopic (exact) mass is 1790 g/mol. The van der Waals surface area contributed by atoms with E-state index in [-0.39, 0.29) is 91.2 Å². The molecule has 2 saturated carbocycles. The van der Waals surface area contributed by atoms with Crippen LogP contribution in [0.5, 0.6) is 23.0 Å². The fraction of sp³-hybridized carbons (Fsp3) is 0.437. The van der Waals surface area contributed by atoms with E-state index in [2.05, 4.69) is 59.8 Å². The van der Waals surface area contributed by atoms with Crippen molar-refractivity contribution in [3.63, 3.8) is 0 Å². The molecule has 4 aromatic carbocycles. The third-order valence-electron chi connectivity index (χ3n) is 21.0. The molecular formula is C87H106N14O20S4. The summed E-state index contributed by atoms with van der Waals surface area (Å²) in [6.45, 7) is 21.0. The molecule has 4 aromatic heterocycles. The van der Waals surface area contributed by atoms with Crippen LogP contribution in [-0.2, 0) is 63.1 Å². The highest BCUT2D eigenvalue weighted by Gasteiger charge is 2.63. The third kappa shape index (κ3) is 24.4. The number of hydrogen-bond donors (Lipinski definition) is 11. The molecule has 8 atom stereocenters. The normalized spacial score (nSPS) is 19.5. The number of carbonyl (C=O) groups excluding carboxylic acids is 7. The van der Waals surface area contributed by atoms with Gasteiger partial charge in [0.1, 0.15) is 79.1 Å². The molecule has 2 aliphatic heterocycles. The number of carbonyl (C=O) groups is 9. The average Bonchev–Trinajstić information content (AvgIpc) is 1.58. The second-order valence-corrected chi connectivity index (χ2v) is 37.6. The SMILES string of the molecule is C=C[C@@H]1C[C@]1(NC(=O)[C@@H]1C[C@@H](Oc2cc(-c3csc(NC(C)C)n3)nc3cc(OC)ccc23)CN1)C(=O)NS(=O)(=O)c1ccccc1NC(=O)CCCCCCC(=O)O.C=C[C@@H]1C[C@]1(NC(=O)[C@@H]1C[C@@H](Oc2cc(-c3csc(NC(C)C)n3)nc3cc(OC)ccc23)CN1C(=O)OC(C)(C)C)C(=O)NS(=O)(=O)c1ccccc1NC(=O)CCCCCCC(=O)O. The van der Waals surface area contributed by atoms with Gasteiger partial charge in [-0.2, -0.15) is 0 Å². The molecule has 4 aliphatic rings. The number of unbranched alkanes of at least 4 members (excludes halogenated alkanes) is 6. The smallest absolute Gasteiger partial charge is 0.411 e. The molecule has 11 N–H and O–H groups in total. The Morgan fingerprint density at radius 2 is 1.00 bits per heavy atom. The minimum atomic E-state index is -4.62. The van der Waals surface area contributed by atoms with E-state index in [4.69, 9.17) is 53.8 Å². The van der Waals surface area contributed by atoms with Crippen molar-refractivity contribution in [2.45, 2.75) is 214 Å². The number of hydrogen-bond acceptors (Lipinski definition) is 27. The maximum Gasteiger partial charge on any atom is 0.411 e. The molecular weight excluding hydrogens is 1690 g/mol. The molecule has 125 heavy (non-hydrogen) atoms. The number of rotatable bonds is 40. The predicted molar refractivity (Wildman–Crippen MR) is 473 cm³/mol. The van der Waals surface area contributed by atoms with Crippen molar-refractivity contribution >= 4 is 140 Å². The number of fused-ring (bicyclic) bond motifs is 2. The Labute approximate surface area is 732 Å². The molecule has 2 saturated heterocycles. The van der Waals surface area contributed by atoms with Gasteiger partial charge in [0.05, 0.1) is 60.6 Å². The van der Waals surface area contributed by atoms with Crippen molar-refractivity contribution in [2.75, 3.05) is 48.6 Å². The number of thiazole rings is 2. The van der Waals surface area contributed by atoms with Gasteiger partial charge in [-0.05, 0) is 136 Å². The molecule has 668 valence electrons. The maximum atomic E-state index is 14.4. The Kier molecular flexibility index (Phi) is 30.7. The van der Waals surface area contributed by atoms with Gasteiger partial charge in [-0.15, -0.1) is 35.8 Å². The summed E-state index contributed by atoms with van der Waals surface area (Å²) in [6.07, 6.45) is 6.09. The molecule has 8 aromatic rings. The van der Waals surface area contributed by atoms with Crippen molar-refractivity contribution < 1.29 is 93.9 Å². The van der Waals surface area contributed by atoms with E-state index in [1.54, 1.807) is 65.3 Å². The van der Waals surface area contributed by atoms with Crippen molar-refractivity contribution in [3.8, 4) is 45.8 Å². The van der Waals surface area contributed by atoms with Crippen molar-refractivity contribution in [2.24, 2.45) is 11.8 Å². The first-order valence-electron chi connectivity index (χ1n) is 41.2. The largest absolute Gasteiger partial charge is 0.497 e. The molecule has 2 aliphatic carbocycles. The Bertz CT molecular complexity index is 5600. The summed E-state index contributed by atoms with van der Waals surface area (Å²) in [7, 11) is -6.01. The molecule has 0 radical (unpaired) electrons. The lowest BCUT2D eigenvalue weighted by Crippen LogP contribution is -2.56. The highest BCUT2D eigenvalue weighted by Crippen LogP contribution is 2.48. The number of nitrogens with one attached hydrogen (secondary N) is 9. The fourth-order valence-electron chi connectivity index (χ4n) is 14.6. The van der Waals surface area contributed by atoms with Gasteiger partial charge in [0.25, 0.3) is 31.9 Å². The molecule has 6 heterocycles.